The van der Waals surface area contributed by atoms with E-state index in [1.807, 2.05) is 0 Å². The van der Waals surface area contributed by atoms with Crippen molar-refractivity contribution in [2.75, 3.05) is 0 Å². The Balaban J connectivity index is 1.06. The highest BCUT2D eigenvalue weighted by Gasteiger charge is 2.38. The molecule has 1 aliphatic carbocycles. The third-order valence-corrected chi connectivity index (χ3v) is 16.0. The average molecular weight is 849 g/mol. The van der Waals surface area contributed by atoms with E-state index < -0.39 is 0 Å². The molecule has 67 heavy (non-hydrogen) atoms. The monoisotopic (exact) mass is 848 g/mol. The molecule has 11 aromatic carbocycles. The van der Waals surface area contributed by atoms with Gasteiger partial charge < -0.3 is 8.80 Å². The number of aromatic nitrogens is 2. The molecule has 0 bridgehead atoms. The van der Waals surface area contributed by atoms with Gasteiger partial charge in [0.25, 0.3) is 0 Å². The van der Waals surface area contributed by atoms with Gasteiger partial charge in [0.05, 0.1) is 33.1 Å². The maximum Gasteiger partial charge on any atom is 0.0620 e. The molecule has 16 rings (SSSR count). The van der Waals surface area contributed by atoms with Crippen LogP contribution in [0.5, 0.6) is 0 Å². The molecule has 0 spiro atoms. The summed E-state index contributed by atoms with van der Waals surface area (Å²) < 4.78 is 5.01. The topological polar surface area (TPSA) is 8.82 Å². The molecule has 0 aliphatic heterocycles. The van der Waals surface area contributed by atoms with Crippen molar-refractivity contribution in [3.63, 3.8) is 0 Å². The van der Waals surface area contributed by atoms with Crippen LogP contribution in [0.4, 0.5) is 0 Å². The largest absolute Gasteiger partial charge is 0.308 e. The quantitative estimate of drug-likeness (QED) is 0.157. The molecule has 0 saturated heterocycles. The highest BCUT2D eigenvalue weighted by atomic mass is 14.9. The SMILES string of the molecule is CC1(C)c2ccccc2-c2cccc(-c3c4cccc(-c5cccc6c5c5cccc7c8ccccc8n6c75)c4cc4c(-c5cccc6c5c5cccc7c8ccccc8n6c75)cccc34)c21. The molecule has 0 unspecified atom stereocenters. The zero-order valence-electron chi connectivity index (χ0n) is 37.0. The second-order valence-corrected chi connectivity index (χ2v) is 19.5. The number of fused-ring (bicyclic) bond motifs is 17. The van der Waals surface area contributed by atoms with E-state index in [0.29, 0.717) is 0 Å². The second kappa shape index (κ2) is 12.5. The standard InChI is InChI=1S/C65H40N2/c1-65(2)54-31-6-3-16-39(54)46-25-11-28-49(62(46)65)59-44-21-9-19-37(42-23-14-34-57-60(42)50-29-12-26-47-40-17-4-7-32-55(40)66(57)63(47)50)52(44)36-53-38(20-10-22-45(53)59)43-24-15-35-58-61(43)51-30-13-27-48-41-18-5-8-33-56(41)67(58)64(48)51/h3-36H,1-2H3. The van der Waals surface area contributed by atoms with Crippen molar-refractivity contribution in [1.29, 1.82) is 0 Å². The molecule has 1 aliphatic rings. The van der Waals surface area contributed by atoms with Crippen LogP contribution in [-0.4, -0.2) is 8.80 Å². The minimum Gasteiger partial charge on any atom is -0.308 e. The van der Waals surface area contributed by atoms with Gasteiger partial charge in [-0.1, -0.05) is 190 Å². The van der Waals surface area contributed by atoms with Crippen molar-refractivity contribution in [3.8, 4) is 44.5 Å². The minimum absolute atomic E-state index is 0.198. The molecule has 2 heteroatoms. The van der Waals surface area contributed by atoms with E-state index in [1.54, 1.807) is 0 Å². The van der Waals surface area contributed by atoms with Gasteiger partial charge >= 0.3 is 0 Å². The Kier molecular flexibility index (Phi) is 6.66. The Morgan fingerprint density at radius 1 is 0.284 bits per heavy atom. The molecule has 0 atom stereocenters. The van der Waals surface area contributed by atoms with Gasteiger partial charge in [0.1, 0.15) is 0 Å². The van der Waals surface area contributed by atoms with Crippen molar-refractivity contribution in [3.05, 3.63) is 217 Å². The van der Waals surface area contributed by atoms with Crippen LogP contribution in [0.3, 0.4) is 0 Å². The lowest BCUT2D eigenvalue weighted by Crippen LogP contribution is -2.16. The van der Waals surface area contributed by atoms with Crippen LogP contribution in [0.2, 0.25) is 0 Å². The smallest absolute Gasteiger partial charge is 0.0620 e. The molecule has 4 heterocycles. The summed E-state index contributed by atoms with van der Waals surface area (Å²) in [7, 11) is 0. The van der Waals surface area contributed by atoms with Crippen molar-refractivity contribution in [1.82, 2.24) is 8.80 Å². The number of para-hydroxylation sites is 4. The minimum atomic E-state index is -0.198. The van der Waals surface area contributed by atoms with Crippen LogP contribution in [0.1, 0.15) is 25.0 Å². The van der Waals surface area contributed by atoms with Gasteiger partial charge in [-0.15, -0.1) is 0 Å². The number of nitrogens with zero attached hydrogens (tertiary/aromatic N) is 2. The Morgan fingerprint density at radius 2 is 0.672 bits per heavy atom. The zero-order chi connectivity index (χ0) is 43.9. The number of benzene rings is 11. The second-order valence-electron chi connectivity index (χ2n) is 19.5. The first kappa shape index (κ1) is 35.8. The third-order valence-electron chi connectivity index (χ3n) is 16.0. The summed E-state index contributed by atoms with van der Waals surface area (Å²) in [4.78, 5) is 0. The van der Waals surface area contributed by atoms with Gasteiger partial charge in [0.2, 0.25) is 0 Å². The normalized spacial score (nSPS) is 13.6. The Morgan fingerprint density at radius 3 is 1.27 bits per heavy atom. The maximum absolute atomic E-state index is 2.54. The van der Waals surface area contributed by atoms with Crippen molar-refractivity contribution in [2.24, 2.45) is 0 Å². The van der Waals surface area contributed by atoms with Crippen LogP contribution >= 0.6 is 0 Å². The summed E-state index contributed by atoms with van der Waals surface area (Å²) in [5, 5.41) is 15.5. The van der Waals surface area contributed by atoms with E-state index in [9.17, 15) is 0 Å². The van der Waals surface area contributed by atoms with E-state index in [0.717, 1.165) is 0 Å². The fraction of sp³-hybridized carbons (Fsp3) is 0.0462. The predicted molar refractivity (Wildman–Crippen MR) is 285 cm³/mol. The summed E-state index contributed by atoms with van der Waals surface area (Å²) in [6.07, 6.45) is 0. The predicted octanol–water partition coefficient (Wildman–Crippen LogP) is 17.6. The summed E-state index contributed by atoms with van der Waals surface area (Å²) in [5.41, 5.74) is 20.5. The van der Waals surface area contributed by atoms with Gasteiger partial charge in [0, 0.05) is 48.5 Å². The van der Waals surface area contributed by atoms with Crippen molar-refractivity contribution >= 4 is 97.7 Å². The van der Waals surface area contributed by atoms with Crippen LogP contribution in [0.15, 0.2) is 206 Å². The Bertz CT molecular complexity index is 4410. The van der Waals surface area contributed by atoms with Crippen molar-refractivity contribution in [2.45, 2.75) is 19.3 Å². The maximum atomic E-state index is 2.54. The van der Waals surface area contributed by atoms with Crippen LogP contribution in [0.25, 0.3) is 142 Å². The Hall–Kier alpha value is -8.46. The molecule has 310 valence electrons. The van der Waals surface area contributed by atoms with Crippen molar-refractivity contribution < 1.29 is 0 Å². The number of hydrogen-bond donors (Lipinski definition) is 0. The van der Waals surface area contributed by atoms with Gasteiger partial charge in [-0.25, -0.2) is 0 Å². The zero-order valence-corrected chi connectivity index (χ0v) is 37.0. The first-order valence-electron chi connectivity index (χ1n) is 23.6. The first-order chi connectivity index (χ1) is 33.1. The van der Waals surface area contributed by atoms with E-state index in [4.69, 9.17) is 0 Å². The summed E-state index contributed by atoms with van der Waals surface area (Å²) in [6, 6.07) is 78.1. The number of hydrogen-bond acceptors (Lipinski definition) is 0. The van der Waals surface area contributed by atoms with Crippen LogP contribution in [0, 0.1) is 0 Å². The van der Waals surface area contributed by atoms with E-state index in [-0.39, 0.29) is 5.41 Å². The lowest BCUT2D eigenvalue weighted by molar-refractivity contribution is 0.662. The molecule has 0 saturated carbocycles. The first-order valence-corrected chi connectivity index (χ1v) is 23.6. The highest BCUT2D eigenvalue weighted by Crippen LogP contribution is 2.55. The molecule has 4 aromatic heterocycles. The Labute approximate surface area is 385 Å². The third kappa shape index (κ3) is 4.33. The van der Waals surface area contributed by atoms with Gasteiger partial charge in [-0.2, -0.15) is 0 Å². The lowest BCUT2D eigenvalue weighted by atomic mass is 9.77. The summed E-state index contributed by atoms with van der Waals surface area (Å²) >= 11 is 0. The van der Waals surface area contributed by atoms with Gasteiger partial charge in [-0.3, -0.25) is 0 Å². The van der Waals surface area contributed by atoms with E-state index in [2.05, 4.69) is 229 Å². The molecule has 2 nitrogen and oxygen atoms in total. The molecule has 0 amide bonds. The summed E-state index contributed by atoms with van der Waals surface area (Å²) in [6.45, 7) is 4.84. The molecular formula is C65H40N2. The van der Waals surface area contributed by atoms with Crippen LogP contribution in [-0.2, 0) is 5.41 Å². The molecule has 0 N–H and O–H groups in total. The van der Waals surface area contributed by atoms with Gasteiger partial charge in [-0.05, 0) is 108 Å². The summed E-state index contributed by atoms with van der Waals surface area (Å²) in [5.74, 6) is 0. The molecule has 15 aromatic rings. The average Bonchev–Trinajstić information content (AvgIpc) is 4.16. The van der Waals surface area contributed by atoms with Crippen LogP contribution < -0.4 is 0 Å². The highest BCUT2D eigenvalue weighted by molar-refractivity contribution is 6.30. The van der Waals surface area contributed by atoms with Gasteiger partial charge in [0.15, 0.2) is 0 Å². The number of rotatable bonds is 3. The fourth-order valence-electron chi connectivity index (χ4n) is 13.4. The molecule has 0 fully saturated rings. The van der Waals surface area contributed by atoms with E-state index in [1.165, 1.54) is 153 Å². The lowest BCUT2D eigenvalue weighted by Gasteiger charge is -2.26. The fourth-order valence-corrected chi connectivity index (χ4v) is 13.4. The van der Waals surface area contributed by atoms with E-state index >= 15 is 0 Å². The molecule has 0 radical (unpaired) electrons. The molecular weight excluding hydrogens is 809 g/mol.